The number of carbonyl (C=O) groups is 1. The number of carbonyl (C=O) groups excluding carboxylic acids is 1. The van der Waals surface area contributed by atoms with Crippen LogP contribution in [0.2, 0.25) is 0 Å². The molecule has 0 bridgehead atoms. The highest BCUT2D eigenvalue weighted by Crippen LogP contribution is 2.27. The van der Waals surface area contributed by atoms with Crippen molar-refractivity contribution in [1.29, 1.82) is 0 Å². The zero-order valence-electron chi connectivity index (χ0n) is 16.2. The van der Waals surface area contributed by atoms with Crippen LogP contribution < -0.4 is 10.2 Å². The highest BCUT2D eigenvalue weighted by molar-refractivity contribution is 8.00. The lowest BCUT2D eigenvalue weighted by atomic mass is 10.2. The number of hydrogen-bond donors (Lipinski definition) is 1. The van der Waals surface area contributed by atoms with Crippen molar-refractivity contribution in [3.8, 4) is 11.4 Å². The fourth-order valence-corrected chi connectivity index (χ4v) is 3.46. The predicted octanol–water partition coefficient (Wildman–Crippen LogP) is 3.49. The predicted molar refractivity (Wildman–Crippen MR) is 104 cm³/mol. The molecule has 1 amide bonds. The minimum absolute atomic E-state index is 0.456. The van der Waals surface area contributed by atoms with Gasteiger partial charge < -0.3 is 14.8 Å². The normalized spacial score (nSPS) is 12.7. The summed E-state index contributed by atoms with van der Waals surface area (Å²) in [6.45, 7) is 6.19. The number of anilines is 1. The van der Waals surface area contributed by atoms with Crippen LogP contribution in [0.15, 0.2) is 29.4 Å². The van der Waals surface area contributed by atoms with Crippen LogP contribution in [0.1, 0.15) is 20.8 Å². The van der Waals surface area contributed by atoms with Crippen molar-refractivity contribution in [1.82, 2.24) is 20.1 Å². The quantitative estimate of drug-likeness (QED) is 0.669. The van der Waals surface area contributed by atoms with Gasteiger partial charge in [0.05, 0.1) is 5.25 Å². The number of benzene rings is 1. The monoisotopic (exact) mass is 415 g/mol. The summed E-state index contributed by atoms with van der Waals surface area (Å²) in [5, 5.41) is 9.85. The van der Waals surface area contributed by atoms with E-state index in [0.717, 1.165) is 36.1 Å². The molecule has 1 aromatic heterocycles. The molecule has 0 spiro atoms. The lowest BCUT2D eigenvalue weighted by molar-refractivity contribution is -0.137. The molecule has 6 nitrogen and oxygen atoms in total. The topological polar surface area (TPSA) is 63.1 Å². The molecule has 1 unspecified atom stereocenters. The summed E-state index contributed by atoms with van der Waals surface area (Å²) in [5.74, 6) is -0.0769. The summed E-state index contributed by atoms with van der Waals surface area (Å²) in [6.07, 6.45) is -4.44. The molecular weight excluding hydrogens is 391 g/mol. The fraction of sp³-hybridized carbons (Fsp3) is 0.500. The van der Waals surface area contributed by atoms with Crippen LogP contribution in [0.25, 0.3) is 11.4 Å². The van der Waals surface area contributed by atoms with E-state index in [1.165, 1.54) is 6.92 Å². The largest absolute Gasteiger partial charge is 0.405 e. The maximum Gasteiger partial charge on any atom is 0.405 e. The Bertz CT molecular complexity index is 788. The molecular formula is C18H24F3N5OS. The van der Waals surface area contributed by atoms with E-state index in [0.29, 0.717) is 11.0 Å². The average Bonchev–Trinajstić information content (AvgIpc) is 3.01. The third-order valence-corrected chi connectivity index (χ3v) is 5.34. The van der Waals surface area contributed by atoms with E-state index in [4.69, 9.17) is 0 Å². The molecule has 10 heteroatoms. The van der Waals surface area contributed by atoms with E-state index >= 15 is 0 Å². The highest BCUT2D eigenvalue weighted by Gasteiger charge is 2.29. The Labute approximate surface area is 166 Å². The number of alkyl halides is 3. The summed E-state index contributed by atoms with van der Waals surface area (Å²) >= 11 is 1.06. The zero-order chi connectivity index (χ0) is 20.9. The Kier molecular flexibility index (Phi) is 7.34. The van der Waals surface area contributed by atoms with Crippen molar-refractivity contribution in [2.75, 3.05) is 24.5 Å². The van der Waals surface area contributed by atoms with Crippen LogP contribution in [0.3, 0.4) is 0 Å². The molecule has 0 radical (unpaired) electrons. The molecule has 1 N–H and O–H groups in total. The number of aromatic nitrogens is 3. The fourth-order valence-electron chi connectivity index (χ4n) is 2.62. The second kappa shape index (κ2) is 9.31. The lowest BCUT2D eigenvalue weighted by Crippen LogP contribution is -2.38. The Morgan fingerprint density at radius 1 is 1.21 bits per heavy atom. The molecule has 0 fully saturated rings. The van der Waals surface area contributed by atoms with Gasteiger partial charge in [-0.25, -0.2) is 0 Å². The summed E-state index contributed by atoms with van der Waals surface area (Å²) in [7, 11) is 1.76. The van der Waals surface area contributed by atoms with Gasteiger partial charge in [-0.1, -0.05) is 11.8 Å². The molecule has 28 heavy (non-hydrogen) atoms. The SMILES string of the molecule is CCN(CC)c1ccc(-c2nnc(SC(C)C(=O)NCC(F)(F)F)n2C)cc1. The minimum atomic E-state index is -4.44. The van der Waals surface area contributed by atoms with E-state index in [1.54, 1.807) is 11.6 Å². The number of rotatable bonds is 8. The Balaban J connectivity index is 2.08. The highest BCUT2D eigenvalue weighted by atomic mass is 32.2. The Hall–Kier alpha value is -2.23. The van der Waals surface area contributed by atoms with E-state index in [-0.39, 0.29) is 0 Å². The van der Waals surface area contributed by atoms with Crippen LogP contribution in [0.4, 0.5) is 18.9 Å². The number of amides is 1. The maximum absolute atomic E-state index is 12.2. The van der Waals surface area contributed by atoms with Gasteiger partial charge in [-0.05, 0) is 45.0 Å². The van der Waals surface area contributed by atoms with E-state index < -0.39 is 23.9 Å². The second-order valence-corrected chi connectivity index (χ2v) is 7.49. The molecule has 1 heterocycles. The lowest BCUT2D eigenvalue weighted by Gasteiger charge is -2.21. The third-order valence-electron chi connectivity index (χ3n) is 4.20. The van der Waals surface area contributed by atoms with Crippen LogP contribution >= 0.6 is 11.8 Å². The smallest absolute Gasteiger partial charge is 0.372 e. The van der Waals surface area contributed by atoms with Crippen LogP contribution in [0, 0.1) is 0 Å². The first-order chi connectivity index (χ1) is 13.2. The van der Waals surface area contributed by atoms with Crippen molar-refractivity contribution in [3.05, 3.63) is 24.3 Å². The van der Waals surface area contributed by atoms with Gasteiger partial charge in [-0.15, -0.1) is 10.2 Å². The molecule has 1 atom stereocenters. The summed E-state index contributed by atoms with van der Waals surface area (Å²) in [6, 6.07) is 7.92. The van der Waals surface area contributed by atoms with E-state index in [2.05, 4.69) is 28.9 Å². The number of nitrogens with zero attached hydrogens (tertiary/aromatic N) is 4. The van der Waals surface area contributed by atoms with Gasteiger partial charge in [-0.3, -0.25) is 4.79 Å². The van der Waals surface area contributed by atoms with Crippen molar-refractivity contribution in [2.45, 2.75) is 37.4 Å². The van der Waals surface area contributed by atoms with Crippen LogP contribution in [-0.4, -0.2) is 51.7 Å². The van der Waals surface area contributed by atoms with E-state index in [9.17, 15) is 18.0 Å². The number of hydrogen-bond acceptors (Lipinski definition) is 5. The standard InChI is InChI=1S/C18H24F3N5OS/c1-5-26(6-2)14-9-7-13(8-10-14)15-23-24-17(25(15)4)28-12(3)16(27)22-11-18(19,20)21/h7-10,12H,5-6,11H2,1-4H3,(H,22,27). The molecule has 154 valence electrons. The van der Waals surface area contributed by atoms with Crippen LogP contribution in [-0.2, 0) is 11.8 Å². The van der Waals surface area contributed by atoms with Gasteiger partial charge in [0.15, 0.2) is 11.0 Å². The number of halogens is 3. The molecule has 0 saturated heterocycles. The summed E-state index contributed by atoms with van der Waals surface area (Å²) in [4.78, 5) is 14.1. The van der Waals surface area contributed by atoms with Crippen LogP contribution in [0.5, 0.6) is 0 Å². The van der Waals surface area contributed by atoms with Crippen molar-refractivity contribution in [3.63, 3.8) is 0 Å². The third kappa shape index (κ3) is 5.63. The molecule has 1 aromatic carbocycles. The number of thioether (sulfide) groups is 1. The van der Waals surface area contributed by atoms with Gasteiger partial charge in [0, 0.05) is 31.4 Å². The minimum Gasteiger partial charge on any atom is -0.372 e. The molecule has 0 aliphatic heterocycles. The average molecular weight is 415 g/mol. The van der Waals surface area contributed by atoms with Crippen molar-refractivity contribution in [2.24, 2.45) is 7.05 Å². The summed E-state index contributed by atoms with van der Waals surface area (Å²) < 4.78 is 38.4. The van der Waals surface area contributed by atoms with Crippen molar-refractivity contribution < 1.29 is 18.0 Å². The van der Waals surface area contributed by atoms with Gasteiger partial charge in [-0.2, -0.15) is 13.2 Å². The molecule has 2 aromatic rings. The second-order valence-electron chi connectivity index (χ2n) is 6.18. The molecule has 0 aliphatic rings. The van der Waals surface area contributed by atoms with Gasteiger partial charge >= 0.3 is 6.18 Å². The zero-order valence-corrected chi connectivity index (χ0v) is 17.1. The first-order valence-corrected chi connectivity index (χ1v) is 9.80. The van der Waals surface area contributed by atoms with Gasteiger partial charge in [0.2, 0.25) is 5.91 Å². The first-order valence-electron chi connectivity index (χ1n) is 8.92. The van der Waals surface area contributed by atoms with Gasteiger partial charge in [0.1, 0.15) is 6.54 Å². The van der Waals surface area contributed by atoms with Gasteiger partial charge in [0.25, 0.3) is 0 Å². The first kappa shape index (κ1) is 22.1. The molecule has 2 rings (SSSR count). The van der Waals surface area contributed by atoms with Crippen molar-refractivity contribution >= 4 is 23.4 Å². The summed E-state index contributed by atoms with van der Waals surface area (Å²) in [5.41, 5.74) is 1.98. The Morgan fingerprint density at radius 3 is 2.36 bits per heavy atom. The Morgan fingerprint density at radius 2 is 1.82 bits per heavy atom. The molecule has 0 saturated carbocycles. The van der Waals surface area contributed by atoms with E-state index in [1.807, 2.05) is 29.6 Å². The molecule has 0 aliphatic carbocycles. The maximum atomic E-state index is 12.2. The number of nitrogens with one attached hydrogen (secondary N) is 1.